The number of ether oxygens (including phenoxy) is 1. The number of nitrogens with zero attached hydrogens (tertiary/aromatic N) is 1. The van der Waals surface area contributed by atoms with Crippen LogP contribution in [-0.4, -0.2) is 18.6 Å². The van der Waals surface area contributed by atoms with Crippen molar-refractivity contribution in [1.82, 2.24) is 4.90 Å². The molecule has 24 heavy (non-hydrogen) atoms. The molecule has 1 aliphatic rings. The summed E-state index contributed by atoms with van der Waals surface area (Å²) in [7, 11) is 1.61. The van der Waals surface area contributed by atoms with Crippen LogP contribution in [0.2, 0.25) is 0 Å². The molecular weight excluding hydrogens is 322 g/mol. The number of methoxy groups -OCH3 is 1. The van der Waals surface area contributed by atoms with Crippen molar-refractivity contribution in [2.45, 2.75) is 25.9 Å². The minimum absolute atomic E-state index is 0.313. The molecule has 0 radical (unpaired) electrons. The maximum Gasteiger partial charge on any atom is 0.336 e. The molecule has 5 heteroatoms. The first kappa shape index (κ1) is 15.4. The number of hydrogen-bond donors (Lipinski definition) is 0. The van der Waals surface area contributed by atoms with Crippen LogP contribution in [0, 0.1) is 0 Å². The Bertz CT molecular complexity index is 943. The molecule has 1 atom stereocenters. The highest BCUT2D eigenvalue weighted by atomic mass is 32.1. The third kappa shape index (κ3) is 2.64. The number of thiophene rings is 1. The van der Waals surface area contributed by atoms with Gasteiger partial charge >= 0.3 is 5.63 Å². The van der Waals surface area contributed by atoms with Crippen LogP contribution >= 0.6 is 11.3 Å². The Labute approximate surface area is 144 Å². The molecule has 124 valence electrons. The van der Waals surface area contributed by atoms with Gasteiger partial charge in [-0.3, -0.25) is 4.90 Å². The summed E-state index contributed by atoms with van der Waals surface area (Å²) in [5.41, 5.74) is 2.69. The predicted molar refractivity (Wildman–Crippen MR) is 95.9 cm³/mol. The zero-order valence-corrected chi connectivity index (χ0v) is 14.6. The summed E-state index contributed by atoms with van der Waals surface area (Å²) in [5.74, 6) is 0.692. The lowest BCUT2D eigenvalue weighted by atomic mass is 10.00. The maximum atomic E-state index is 12.0. The quantitative estimate of drug-likeness (QED) is 0.676. The van der Waals surface area contributed by atoms with Crippen LogP contribution in [0.25, 0.3) is 11.0 Å². The Hall–Kier alpha value is -2.11. The molecule has 0 fully saturated rings. The molecule has 0 spiro atoms. The molecule has 0 N–H and O–H groups in total. The van der Waals surface area contributed by atoms with Crippen LogP contribution in [0.15, 0.2) is 44.9 Å². The molecule has 0 amide bonds. The lowest BCUT2D eigenvalue weighted by Crippen LogP contribution is -2.32. The van der Waals surface area contributed by atoms with Gasteiger partial charge in [0.2, 0.25) is 0 Å². The number of rotatable bonds is 3. The van der Waals surface area contributed by atoms with Crippen LogP contribution in [0.4, 0.5) is 0 Å². The summed E-state index contributed by atoms with van der Waals surface area (Å²) in [6, 6.07) is 9.85. The third-order valence-corrected chi connectivity index (χ3v) is 5.81. The predicted octanol–water partition coefficient (Wildman–Crippen LogP) is 3.98. The molecule has 1 aliphatic heterocycles. The Morgan fingerprint density at radius 2 is 2.21 bits per heavy atom. The smallest absolute Gasteiger partial charge is 0.336 e. The van der Waals surface area contributed by atoms with Gasteiger partial charge in [0, 0.05) is 41.5 Å². The van der Waals surface area contributed by atoms with Crippen molar-refractivity contribution in [2.75, 3.05) is 13.7 Å². The first-order valence-corrected chi connectivity index (χ1v) is 8.95. The molecule has 1 aromatic carbocycles. The SMILES string of the molecule is COc1ccc2c(CN3CCc4sccc4[C@@H]3C)cc(=O)oc2c1. The highest BCUT2D eigenvalue weighted by Crippen LogP contribution is 2.34. The van der Waals surface area contributed by atoms with Crippen LogP contribution < -0.4 is 10.4 Å². The van der Waals surface area contributed by atoms with Gasteiger partial charge in [0.05, 0.1) is 7.11 Å². The van der Waals surface area contributed by atoms with Crippen molar-refractivity contribution in [1.29, 1.82) is 0 Å². The Morgan fingerprint density at radius 1 is 1.33 bits per heavy atom. The summed E-state index contributed by atoms with van der Waals surface area (Å²) in [6.07, 6.45) is 1.07. The lowest BCUT2D eigenvalue weighted by molar-refractivity contribution is 0.192. The summed E-state index contributed by atoms with van der Waals surface area (Å²) in [5, 5.41) is 3.14. The molecule has 2 aromatic heterocycles. The number of hydrogen-bond acceptors (Lipinski definition) is 5. The summed E-state index contributed by atoms with van der Waals surface area (Å²) >= 11 is 1.84. The molecule has 0 saturated carbocycles. The van der Waals surface area contributed by atoms with E-state index in [1.54, 1.807) is 19.2 Å². The van der Waals surface area contributed by atoms with Crippen LogP contribution in [0.3, 0.4) is 0 Å². The van der Waals surface area contributed by atoms with E-state index >= 15 is 0 Å². The number of fused-ring (bicyclic) bond motifs is 2. The summed E-state index contributed by atoms with van der Waals surface area (Å²) < 4.78 is 10.6. The fraction of sp³-hybridized carbons (Fsp3) is 0.316. The van der Waals surface area contributed by atoms with Crippen molar-refractivity contribution in [3.05, 3.63) is 62.1 Å². The molecule has 0 saturated heterocycles. The van der Waals surface area contributed by atoms with Crippen molar-refractivity contribution in [3.63, 3.8) is 0 Å². The standard InChI is InChI=1S/C19H19NO3S/c1-12-15-6-8-24-18(15)5-7-20(12)11-13-9-19(21)23-17-10-14(22-2)3-4-16(13)17/h3-4,6,8-10,12H,5,7,11H2,1-2H3/t12-/m0/s1. The molecular formula is C19H19NO3S. The zero-order chi connectivity index (χ0) is 16.7. The first-order chi connectivity index (χ1) is 11.7. The van der Waals surface area contributed by atoms with Gasteiger partial charge in [-0.25, -0.2) is 4.79 Å². The molecule has 0 unspecified atom stereocenters. The van der Waals surface area contributed by atoms with Crippen LogP contribution in [-0.2, 0) is 13.0 Å². The molecule has 3 aromatic rings. The summed E-state index contributed by atoms with van der Waals surface area (Å²) in [4.78, 5) is 15.9. The van der Waals surface area contributed by atoms with Gasteiger partial charge in [-0.2, -0.15) is 0 Å². The van der Waals surface area contributed by atoms with Gasteiger partial charge in [0.25, 0.3) is 0 Å². The van der Waals surface area contributed by atoms with E-state index in [9.17, 15) is 4.79 Å². The van der Waals surface area contributed by atoms with Crippen LogP contribution in [0.5, 0.6) is 5.75 Å². The molecule has 0 aliphatic carbocycles. The van der Waals surface area contributed by atoms with Gasteiger partial charge in [-0.15, -0.1) is 11.3 Å². The van der Waals surface area contributed by atoms with E-state index in [0.29, 0.717) is 17.4 Å². The third-order valence-electron chi connectivity index (χ3n) is 4.81. The topological polar surface area (TPSA) is 42.7 Å². The van der Waals surface area contributed by atoms with Gasteiger partial charge in [-0.1, -0.05) is 0 Å². The van der Waals surface area contributed by atoms with Crippen LogP contribution in [0.1, 0.15) is 29.0 Å². The lowest BCUT2D eigenvalue weighted by Gasteiger charge is -2.33. The largest absolute Gasteiger partial charge is 0.497 e. The van der Waals surface area contributed by atoms with Crippen molar-refractivity contribution in [3.8, 4) is 5.75 Å². The monoisotopic (exact) mass is 341 g/mol. The van der Waals surface area contributed by atoms with E-state index in [0.717, 1.165) is 30.5 Å². The van der Waals surface area contributed by atoms with E-state index in [-0.39, 0.29) is 5.63 Å². The summed E-state index contributed by atoms with van der Waals surface area (Å²) in [6.45, 7) is 3.98. The van der Waals surface area contributed by atoms with E-state index in [1.165, 1.54) is 10.4 Å². The second-order valence-electron chi connectivity index (χ2n) is 6.15. The van der Waals surface area contributed by atoms with Crippen molar-refractivity contribution in [2.24, 2.45) is 0 Å². The Balaban J connectivity index is 1.71. The van der Waals surface area contributed by atoms with Crippen molar-refractivity contribution >= 4 is 22.3 Å². The normalized spacial score (nSPS) is 17.8. The highest BCUT2D eigenvalue weighted by Gasteiger charge is 2.25. The Morgan fingerprint density at radius 3 is 3.04 bits per heavy atom. The molecule has 0 bridgehead atoms. The number of benzene rings is 1. The fourth-order valence-corrected chi connectivity index (χ4v) is 4.43. The minimum Gasteiger partial charge on any atom is -0.497 e. The van der Waals surface area contributed by atoms with E-state index in [4.69, 9.17) is 9.15 Å². The average Bonchev–Trinajstić information content (AvgIpc) is 3.06. The Kier molecular flexibility index (Phi) is 3.90. The van der Waals surface area contributed by atoms with Gasteiger partial charge < -0.3 is 9.15 Å². The van der Waals surface area contributed by atoms with Crippen molar-refractivity contribution < 1.29 is 9.15 Å². The van der Waals surface area contributed by atoms with E-state index in [1.807, 2.05) is 23.5 Å². The average molecular weight is 341 g/mol. The molecule has 4 nitrogen and oxygen atoms in total. The maximum absolute atomic E-state index is 12.0. The van der Waals surface area contributed by atoms with Gasteiger partial charge in [-0.05, 0) is 48.1 Å². The fourth-order valence-electron chi connectivity index (χ4n) is 3.46. The second kappa shape index (κ2) is 6.07. The first-order valence-electron chi connectivity index (χ1n) is 8.07. The molecule has 3 heterocycles. The second-order valence-corrected chi connectivity index (χ2v) is 7.15. The highest BCUT2D eigenvalue weighted by molar-refractivity contribution is 7.10. The van der Waals surface area contributed by atoms with Gasteiger partial charge in [0.1, 0.15) is 11.3 Å². The minimum atomic E-state index is -0.313. The van der Waals surface area contributed by atoms with E-state index in [2.05, 4.69) is 23.3 Å². The van der Waals surface area contributed by atoms with Gasteiger partial charge in [0.15, 0.2) is 0 Å². The molecule has 4 rings (SSSR count). The zero-order valence-electron chi connectivity index (χ0n) is 13.7. The van der Waals surface area contributed by atoms with E-state index < -0.39 is 0 Å².